The molecule has 1 atom stereocenters. The molecule has 2 fully saturated rings. The van der Waals surface area contributed by atoms with E-state index in [1.165, 1.54) is 36.9 Å². The van der Waals surface area contributed by atoms with Gasteiger partial charge in [-0.2, -0.15) is 0 Å². The molecule has 3 aliphatic rings. The van der Waals surface area contributed by atoms with E-state index in [9.17, 15) is 4.79 Å². The van der Waals surface area contributed by atoms with Gasteiger partial charge >= 0.3 is 0 Å². The van der Waals surface area contributed by atoms with E-state index < -0.39 is 0 Å². The Bertz CT molecular complexity index is 859. The number of fused-ring (bicyclic) bond motifs is 1. The van der Waals surface area contributed by atoms with Crippen LogP contribution in [0.25, 0.3) is 0 Å². The molecule has 1 aromatic heterocycles. The molecule has 1 amide bonds. The summed E-state index contributed by atoms with van der Waals surface area (Å²) in [6.45, 7) is 6.15. The Balaban J connectivity index is 1.47. The number of para-hydroxylation sites is 1. The molecule has 0 unspecified atom stereocenters. The first kappa shape index (κ1) is 16.9. The summed E-state index contributed by atoms with van der Waals surface area (Å²) in [6.07, 6.45) is 5.01. The molecular formula is C23H27N3O. The topological polar surface area (TPSA) is 36.4 Å². The zero-order chi connectivity index (χ0) is 18.4. The average Bonchev–Trinajstić information content (AvgIpc) is 3.47. The summed E-state index contributed by atoms with van der Waals surface area (Å²) in [6, 6.07) is 12.1. The van der Waals surface area contributed by atoms with E-state index >= 15 is 0 Å². The standard InChI is InChI=1S/C23H27N3O/c1-16-6-5-11-25(13-16)14-18-12-20-21(22(24-18)17-9-10-17)15-26(23(20)27)19-7-3-2-4-8-19/h2-4,7-8,12,16-17H,5-6,9-11,13-15H2,1H3/t16-/m0/s1. The van der Waals surface area contributed by atoms with Crippen LogP contribution in [0.1, 0.15) is 65.8 Å². The minimum absolute atomic E-state index is 0.133. The van der Waals surface area contributed by atoms with Gasteiger partial charge in [-0.25, -0.2) is 0 Å². The Labute approximate surface area is 161 Å². The lowest BCUT2D eigenvalue weighted by molar-refractivity contribution is 0.0996. The third kappa shape index (κ3) is 3.27. The molecule has 1 aromatic carbocycles. The van der Waals surface area contributed by atoms with Crippen molar-refractivity contribution in [2.24, 2.45) is 5.92 Å². The summed E-state index contributed by atoms with van der Waals surface area (Å²) in [5, 5.41) is 0. The van der Waals surface area contributed by atoms with Gasteiger partial charge in [0.15, 0.2) is 0 Å². The molecule has 0 radical (unpaired) electrons. The molecule has 3 heterocycles. The zero-order valence-electron chi connectivity index (χ0n) is 16.0. The van der Waals surface area contributed by atoms with E-state index in [4.69, 9.17) is 4.98 Å². The highest BCUT2D eigenvalue weighted by atomic mass is 16.2. The molecule has 4 nitrogen and oxygen atoms in total. The number of aromatic nitrogens is 1. The first-order valence-corrected chi connectivity index (χ1v) is 10.3. The number of nitrogens with zero attached hydrogens (tertiary/aromatic N) is 3. The van der Waals surface area contributed by atoms with E-state index in [0.29, 0.717) is 12.5 Å². The summed E-state index contributed by atoms with van der Waals surface area (Å²) in [7, 11) is 0. The van der Waals surface area contributed by atoms with Gasteiger partial charge in [-0.15, -0.1) is 0 Å². The van der Waals surface area contributed by atoms with Crippen LogP contribution in [0.2, 0.25) is 0 Å². The quantitative estimate of drug-likeness (QED) is 0.812. The van der Waals surface area contributed by atoms with Crippen LogP contribution in [0.4, 0.5) is 5.69 Å². The maximum atomic E-state index is 13.2. The summed E-state index contributed by atoms with van der Waals surface area (Å²) in [4.78, 5) is 22.7. The highest BCUT2D eigenvalue weighted by Crippen LogP contribution is 2.44. The van der Waals surface area contributed by atoms with Crippen LogP contribution in [0.3, 0.4) is 0 Å². The molecule has 140 valence electrons. The van der Waals surface area contributed by atoms with E-state index in [1.807, 2.05) is 35.2 Å². The number of benzene rings is 1. The van der Waals surface area contributed by atoms with E-state index in [0.717, 1.165) is 42.5 Å². The fourth-order valence-electron chi connectivity index (χ4n) is 4.63. The molecule has 0 bridgehead atoms. The van der Waals surface area contributed by atoms with Crippen molar-refractivity contribution in [2.75, 3.05) is 18.0 Å². The van der Waals surface area contributed by atoms with Gasteiger partial charge in [-0.05, 0) is 56.3 Å². The van der Waals surface area contributed by atoms with E-state index in [1.54, 1.807) is 0 Å². The number of carbonyl (C=O) groups excluding carboxylic acids is 1. The molecule has 1 aliphatic carbocycles. The lowest BCUT2D eigenvalue weighted by atomic mass is 9.99. The zero-order valence-corrected chi connectivity index (χ0v) is 16.0. The predicted molar refractivity (Wildman–Crippen MR) is 107 cm³/mol. The number of hydrogen-bond acceptors (Lipinski definition) is 3. The fourth-order valence-corrected chi connectivity index (χ4v) is 4.63. The highest BCUT2D eigenvalue weighted by Gasteiger charge is 2.37. The molecule has 27 heavy (non-hydrogen) atoms. The van der Waals surface area contributed by atoms with Crippen LogP contribution in [-0.2, 0) is 13.1 Å². The normalized spacial score (nSPS) is 22.9. The number of pyridine rings is 1. The van der Waals surface area contributed by atoms with Gasteiger partial charge in [0, 0.05) is 41.5 Å². The van der Waals surface area contributed by atoms with Crippen molar-refractivity contribution >= 4 is 11.6 Å². The van der Waals surface area contributed by atoms with Crippen molar-refractivity contribution in [1.82, 2.24) is 9.88 Å². The van der Waals surface area contributed by atoms with E-state index in [2.05, 4.69) is 17.9 Å². The van der Waals surface area contributed by atoms with E-state index in [-0.39, 0.29) is 5.91 Å². The summed E-state index contributed by atoms with van der Waals surface area (Å²) in [5.41, 5.74) is 5.30. The number of anilines is 1. The SMILES string of the molecule is C[C@H]1CCCN(Cc2cc3c(c(C4CC4)n2)CN(c2ccccc2)C3=O)C1. The minimum atomic E-state index is 0.133. The largest absolute Gasteiger partial charge is 0.304 e. The third-order valence-electron chi connectivity index (χ3n) is 6.16. The molecule has 2 aliphatic heterocycles. The van der Waals surface area contributed by atoms with Crippen molar-refractivity contribution in [3.05, 3.63) is 58.9 Å². The Hall–Kier alpha value is -2.20. The molecule has 0 N–H and O–H groups in total. The monoisotopic (exact) mass is 361 g/mol. The number of hydrogen-bond donors (Lipinski definition) is 0. The smallest absolute Gasteiger partial charge is 0.259 e. The molecule has 0 spiro atoms. The summed E-state index contributed by atoms with van der Waals surface area (Å²) >= 11 is 0. The van der Waals surface area contributed by atoms with Gasteiger partial charge in [0.05, 0.1) is 12.2 Å². The van der Waals surface area contributed by atoms with Crippen molar-refractivity contribution in [3.8, 4) is 0 Å². The van der Waals surface area contributed by atoms with Crippen molar-refractivity contribution in [2.45, 2.75) is 51.6 Å². The Morgan fingerprint density at radius 1 is 1.15 bits per heavy atom. The fraction of sp³-hybridized carbons (Fsp3) is 0.478. The van der Waals surface area contributed by atoms with Crippen LogP contribution in [0.15, 0.2) is 36.4 Å². The minimum Gasteiger partial charge on any atom is -0.304 e. The van der Waals surface area contributed by atoms with Gasteiger partial charge in [-0.1, -0.05) is 25.1 Å². The van der Waals surface area contributed by atoms with Crippen LogP contribution in [-0.4, -0.2) is 28.9 Å². The van der Waals surface area contributed by atoms with Crippen LogP contribution >= 0.6 is 0 Å². The predicted octanol–water partition coefficient (Wildman–Crippen LogP) is 4.35. The molecule has 4 heteroatoms. The second kappa shape index (κ2) is 6.75. The number of likely N-dealkylation sites (tertiary alicyclic amines) is 1. The first-order chi connectivity index (χ1) is 13.2. The highest BCUT2D eigenvalue weighted by molar-refractivity contribution is 6.10. The Morgan fingerprint density at radius 3 is 2.70 bits per heavy atom. The summed E-state index contributed by atoms with van der Waals surface area (Å²) < 4.78 is 0. The number of amides is 1. The third-order valence-corrected chi connectivity index (χ3v) is 6.16. The second-order valence-corrected chi connectivity index (χ2v) is 8.51. The Morgan fingerprint density at radius 2 is 1.96 bits per heavy atom. The molecule has 1 saturated carbocycles. The molecular weight excluding hydrogens is 334 g/mol. The maximum absolute atomic E-state index is 13.2. The Kier molecular flexibility index (Phi) is 4.24. The lowest BCUT2D eigenvalue weighted by Gasteiger charge is -2.30. The first-order valence-electron chi connectivity index (χ1n) is 10.3. The lowest BCUT2D eigenvalue weighted by Crippen LogP contribution is -2.34. The summed E-state index contributed by atoms with van der Waals surface area (Å²) in [5.74, 6) is 1.45. The average molecular weight is 361 g/mol. The van der Waals surface area contributed by atoms with Gasteiger partial charge in [0.1, 0.15) is 0 Å². The van der Waals surface area contributed by atoms with Crippen molar-refractivity contribution in [3.63, 3.8) is 0 Å². The van der Waals surface area contributed by atoms with Gasteiger partial charge in [-0.3, -0.25) is 14.7 Å². The number of piperidine rings is 1. The van der Waals surface area contributed by atoms with Gasteiger partial charge < -0.3 is 4.90 Å². The molecule has 5 rings (SSSR count). The maximum Gasteiger partial charge on any atom is 0.259 e. The van der Waals surface area contributed by atoms with Gasteiger partial charge in [0.25, 0.3) is 5.91 Å². The molecule has 1 saturated heterocycles. The van der Waals surface area contributed by atoms with Crippen LogP contribution in [0.5, 0.6) is 0 Å². The molecule has 2 aromatic rings. The second-order valence-electron chi connectivity index (χ2n) is 8.51. The number of rotatable bonds is 4. The van der Waals surface area contributed by atoms with Gasteiger partial charge in [0.2, 0.25) is 0 Å². The van der Waals surface area contributed by atoms with Crippen LogP contribution < -0.4 is 4.90 Å². The van der Waals surface area contributed by atoms with Crippen molar-refractivity contribution < 1.29 is 4.79 Å². The number of carbonyl (C=O) groups is 1. The van der Waals surface area contributed by atoms with Crippen molar-refractivity contribution in [1.29, 1.82) is 0 Å². The van der Waals surface area contributed by atoms with Crippen LogP contribution in [0, 0.1) is 5.92 Å².